The summed E-state index contributed by atoms with van der Waals surface area (Å²) in [6, 6.07) is 76.7. The van der Waals surface area contributed by atoms with Crippen molar-refractivity contribution >= 4 is 53.2 Å². The molecular weight excluding hydrogens is 663 g/mol. The van der Waals surface area contributed by atoms with Crippen molar-refractivity contribution < 1.29 is 0 Å². The molecule has 0 saturated carbocycles. The third kappa shape index (κ3) is 4.85. The van der Waals surface area contributed by atoms with Gasteiger partial charge in [-0.25, -0.2) is 0 Å². The van der Waals surface area contributed by atoms with Crippen LogP contribution in [0, 0.1) is 0 Å². The van der Waals surface area contributed by atoms with Gasteiger partial charge in [0.1, 0.15) is 8.80 Å². The Morgan fingerprint density at radius 2 is 0.846 bits per heavy atom. The Morgan fingerprint density at radius 3 is 1.52 bits per heavy atom. The fourth-order valence-electron chi connectivity index (χ4n) is 8.70. The quantitative estimate of drug-likeness (QED) is 0.165. The molecule has 246 valence electrons. The van der Waals surface area contributed by atoms with E-state index < -0.39 is 14.2 Å². The standard InChI is InChI=1S/C49H35NSSi/c1-4-16-35(17-5-1)36-28-30-38(31-29-36)50(37-18-6-2-7-19-37)39-32-33-48-44(34-39)49(41-22-10-13-25-45(41)51-46-26-14-11-23-42(46)49)43-24-12-15-27-47(43)52(48)40-20-8-3-9-21-40/h1-34,52H. The number of nitrogens with zero attached hydrogens (tertiary/aromatic N) is 1. The van der Waals surface area contributed by atoms with Gasteiger partial charge in [0, 0.05) is 26.9 Å². The van der Waals surface area contributed by atoms with E-state index in [1.165, 1.54) is 58.7 Å². The van der Waals surface area contributed by atoms with E-state index in [-0.39, 0.29) is 0 Å². The lowest BCUT2D eigenvalue weighted by Crippen LogP contribution is -2.62. The monoisotopic (exact) mass is 697 g/mol. The Morgan fingerprint density at radius 1 is 0.365 bits per heavy atom. The van der Waals surface area contributed by atoms with Gasteiger partial charge in [0.25, 0.3) is 0 Å². The molecule has 0 radical (unpaired) electrons. The first-order valence-electron chi connectivity index (χ1n) is 18.0. The SMILES string of the molecule is c1ccc(-c2ccc(N(c3ccccc3)c3ccc4c(c3)C3(c5ccccc5Sc5ccccc53)c3ccccc3[SiH]4c3ccccc3)cc2)cc1. The molecule has 0 amide bonds. The Labute approximate surface area is 311 Å². The smallest absolute Gasteiger partial charge is 0.133 e. The average Bonchev–Trinajstić information content (AvgIpc) is 3.22. The van der Waals surface area contributed by atoms with Gasteiger partial charge >= 0.3 is 0 Å². The van der Waals surface area contributed by atoms with E-state index >= 15 is 0 Å². The van der Waals surface area contributed by atoms with E-state index in [2.05, 4.69) is 211 Å². The highest BCUT2D eigenvalue weighted by Crippen LogP contribution is 2.56. The van der Waals surface area contributed by atoms with Crippen molar-refractivity contribution in [3.63, 3.8) is 0 Å². The number of rotatable bonds is 5. The summed E-state index contributed by atoms with van der Waals surface area (Å²) in [6.07, 6.45) is 0. The van der Waals surface area contributed by atoms with Crippen molar-refractivity contribution in [2.75, 3.05) is 4.90 Å². The molecule has 0 aliphatic carbocycles. The molecule has 8 aromatic carbocycles. The van der Waals surface area contributed by atoms with Gasteiger partial charge in [0.15, 0.2) is 0 Å². The maximum Gasteiger partial charge on any atom is 0.133 e. The summed E-state index contributed by atoms with van der Waals surface area (Å²) in [5, 5.41) is 4.43. The Kier molecular flexibility index (Phi) is 7.56. The van der Waals surface area contributed by atoms with Gasteiger partial charge in [-0.15, -0.1) is 0 Å². The van der Waals surface area contributed by atoms with Crippen molar-refractivity contribution in [2.24, 2.45) is 0 Å². The minimum absolute atomic E-state index is 0.474. The summed E-state index contributed by atoms with van der Waals surface area (Å²) in [6.45, 7) is 0. The van der Waals surface area contributed by atoms with Crippen LogP contribution in [-0.2, 0) is 5.41 Å². The summed E-state index contributed by atoms with van der Waals surface area (Å²) in [5.41, 5.74) is 10.9. The molecule has 10 rings (SSSR count). The molecular formula is C49H35NSSi. The second kappa shape index (κ2) is 12.7. The molecule has 0 saturated heterocycles. The molecule has 0 aromatic heterocycles. The van der Waals surface area contributed by atoms with E-state index in [1.807, 2.05) is 11.8 Å². The summed E-state index contributed by atoms with van der Waals surface area (Å²) in [5.74, 6) is 0. The zero-order chi connectivity index (χ0) is 34.5. The van der Waals surface area contributed by atoms with Crippen LogP contribution < -0.4 is 20.5 Å². The van der Waals surface area contributed by atoms with E-state index in [4.69, 9.17) is 0 Å². The van der Waals surface area contributed by atoms with Crippen LogP contribution in [0.4, 0.5) is 17.1 Å². The average molecular weight is 698 g/mol. The zero-order valence-corrected chi connectivity index (χ0v) is 30.5. The van der Waals surface area contributed by atoms with E-state index in [1.54, 1.807) is 0 Å². The molecule has 2 heterocycles. The lowest BCUT2D eigenvalue weighted by Gasteiger charge is -2.48. The fourth-order valence-corrected chi connectivity index (χ4v) is 13.4. The molecule has 3 heteroatoms. The Hall–Kier alpha value is -5.87. The molecule has 2 aliphatic heterocycles. The molecule has 0 N–H and O–H groups in total. The topological polar surface area (TPSA) is 3.24 Å². The maximum atomic E-state index is 2.54. The van der Waals surface area contributed by atoms with Crippen LogP contribution in [-0.4, -0.2) is 8.80 Å². The lowest BCUT2D eigenvalue weighted by molar-refractivity contribution is 0.708. The number of hydrogen-bond acceptors (Lipinski definition) is 2. The van der Waals surface area contributed by atoms with Crippen molar-refractivity contribution in [1.82, 2.24) is 0 Å². The highest BCUT2D eigenvalue weighted by atomic mass is 32.2. The van der Waals surface area contributed by atoms with Gasteiger partial charge < -0.3 is 4.90 Å². The summed E-state index contributed by atoms with van der Waals surface area (Å²) in [7, 11) is -1.87. The highest BCUT2D eigenvalue weighted by molar-refractivity contribution is 7.99. The molecule has 1 spiro atoms. The van der Waals surface area contributed by atoms with Gasteiger partial charge in [-0.1, -0.05) is 175 Å². The summed E-state index contributed by atoms with van der Waals surface area (Å²) < 4.78 is 0. The van der Waals surface area contributed by atoms with Crippen LogP contribution in [0.5, 0.6) is 0 Å². The second-order valence-electron chi connectivity index (χ2n) is 13.6. The highest BCUT2D eigenvalue weighted by Gasteiger charge is 2.50. The van der Waals surface area contributed by atoms with Crippen LogP contribution in [0.2, 0.25) is 0 Å². The van der Waals surface area contributed by atoms with Gasteiger partial charge in [-0.2, -0.15) is 0 Å². The van der Waals surface area contributed by atoms with Crippen LogP contribution >= 0.6 is 11.8 Å². The number of benzene rings is 8. The largest absolute Gasteiger partial charge is 0.310 e. The Bertz CT molecular complexity index is 2500. The molecule has 0 fully saturated rings. The van der Waals surface area contributed by atoms with Gasteiger partial charge in [-0.3, -0.25) is 0 Å². The molecule has 1 unspecified atom stereocenters. The maximum absolute atomic E-state index is 2.54. The Balaban J connectivity index is 1.27. The molecule has 1 atom stereocenters. The van der Waals surface area contributed by atoms with Crippen LogP contribution in [0.1, 0.15) is 22.3 Å². The molecule has 52 heavy (non-hydrogen) atoms. The number of fused-ring (bicyclic) bond motifs is 8. The molecule has 2 aliphatic rings. The van der Waals surface area contributed by atoms with Gasteiger partial charge in [0.2, 0.25) is 0 Å². The molecule has 0 bridgehead atoms. The van der Waals surface area contributed by atoms with Crippen LogP contribution in [0.3, 0.4) is 0 Å². The van der Waals surface area contributed by atoms with E-state index in [0.717, 1.165) is 17.1 Å². The number of anilines is 3. The normalized spacial score (nSPS) is 14.8. The summed E-state index contributed by atoms with van der Waals surface area (Å²) in [4.78, 5) is 5.07. The second-order valence-corrected chi connectivity index (χ2v) is 17.5. The minimum atomic E-state index is -1.87. The first kappa shape index (κ1) is 30.9. The molecule has 1 nitrogen and oxygen atoms in total. The summed E-state index contributed by atoms with van der Waals surface area (Å²) >= 11 is 1.90. The first-order valence-corrected chi connectivity index (χ1v) is 20.5. The number of para-hydroxylation sites is 1. The number of hydrogen-bond donors (Lipinski definition) is 0. The van der Waals surface area contributed by atoms with Crippen LogP contribution in [0.15, 0.2) is 216 Å². The van der Waals surface area contributed by atoms with Crippen molar-refractivity contribution in [3.05, 3.63) is 229 Å². The fraction of sp³-hybridized carbons (Fsp3) is 0.0204. The van der Waals surface area contributed by atoms with Crippen molar-refractivity contribution in [3.8, 4) is 11.1 Å². The van der Waals surface area contributed by atoms with E-state index in [0.29, 0.717) is 0 Å². The third-order valence-corrected chi connectivity index (χ3v) is 15.3. The van der Waals surface area contributed by atoms with Crippen LogP contribution in [0.25, 0.3) is 11.1 Å². The minimum Gasteiger partial charge on any atom is -0.310 e. The molecule has 8 aromatic rings. The van der Waals surface area contributed by atoms with E-state index in [9.17, 15) is 0 Å². The predicted molar refractivity (Wildman–Crippen MR) is 221 cm³/mol. The first-order chi connectivity index (χ1) is 25.8. The predicted octanol–water partition coefficient (Wildman–Crippen LogP) is 10.2. The zero-order valence-electron chi connectivity index (χ0n) is 28.6. The third-order valence-electron chi connectivity index (χ3n) is 10.9. The lowest BCUT2D eigenvalue weighted by atomic mass is 9.64. The van der Waals surface area contributed by atoms with Gasteiger partial charge in [0.05, 0.1) is 5.41 Å². The van der Waals surface area contributed by atoms with Crippen molar-refractivity contribution in [2.45, 2.75) is 15.2 Å². The van der Waals surface area contributed by atoms with Gasteiger partial charge in [-0.05, 0) is 92.3 Å². The van der Waals surface area contributed by atoms with Crippen molar-refractivity contribution in [1.29, 1.82) is 0 Å².